The minimum absolute atomic E-state index is 0.0309. The third-order valence-electron chi connectivity index (χ3n) is 6.33. The molecule has 0 saturated carbocycles. The fourth-order valence-corrected chi connectivity index (χ4v) is 5.66. The summed E-state index contributed by atoms with van der Waals surface area (Å²) in [5.74, 6) is 0.800. The lowest BCUT2D eigenvalue weighted by atomic mass is 9.99. The molecule has 14 heteroatoms. The zero-order valence-corrected chi connectivity index (χ0v) is 23.5. The number of aromatic nitrogens is 2. The first-order valence-electron chi connectivity index (χ1n) is 11.7. The van der Waals surface area contributed by atoms with Gasteiger partial charge in [0.1, 0.15) is 17.6 Å². The highest BCUT2D eigenvalue weighted by Crippen LogP contribution is 2.33. The molecule has 5 N–H and O–H groups in total. The number of pyridine rings is 2. The number of nitrogen functional groups attached to an aromatic ring is 1. The molecule has 1 aromatic carbocycles. The van der Waals surface area contributed by atoms with E-state index >= 15 is 0 Å². The van der Waals surface area contributed by atoms with Crippen molar-refractivity contribution in [3.05, 3.63) is 74.7 Å². The highest BCUT2D eigenvalue weighted by molar-refractivity contribution is 7.88. The number of nitrogens with two attached hydrogens (primary N) is 2. The predicted octanol–water partition coefficient (Wildman–Crippen LogP) is 3.08. The van der Waals surface area contributed by atoms with E-state index in [-0.39, 0.29) is 21.3 Å². The van der Waals surface area contributed by atoms with E-state index in [1.165, 1.54) is 29.2 Å². The second-order valence-corrected chi connectivity index (χ2v) is 11.8. The van der Waals surface area contributed by atoms with Crippen molar-refractivity contribution in [2.75, 3.05) is 43.1 Å². The third-order valence-corrected chi connectivity index (χ3v) is 8.23. The van der Waals surface area contributed by atoms with Crippen LogP contribution < -0.4 is 21.1 Å². The third kappa shape index (κ3) is 6.08. The van der Waals surface area contributed by atoms with E-state index in [9.17, 15) is 13.7 Å². The number of ether oxygens (including phenoxy) is 1. The van der Waals surface area contributed by atoms with Gasteiger partial charge in [0.15, 0.2) is 6.23 Å². The van der Waals surface area contributed by atoms with Crippen LogP contribution in [0.2, 0.25) is 10.0 Å². The molecule has 39 heavy (non-hydrogen) atoms. The molecular formula is C25H26Cl2N8O3S. The van der Waals surface area contributed by atoms with Crippen LogP contribution in [0.5, 0.6) is 5.75 Å². The smallest absolute Gasteiger partial charge is 0.211 e. The summed E-state index contributed by atoms with van der Waals surface area (Å²) in [6, 6.07) is 6.96. The lowest BCUT2D eigenvalue weighted by molar-refractivity contribution is 0.213. The highest BCUT2D eigenvalue weighted by Gasteiger charge is 2.26. The first-order chi connectivity index (χ1) is 18.4. The van der Waals surface area contributed by atoms with Crippen LogP contribution in [0.3, 0.4) is 0 Å². The van der Waals surface area contributed by atoms with Crippen LogP contribution in [-0.2, 0) is 10.0 Å². The summed E-state index contributed by atoms with van der Waals surface area (Å²) >= 11 is 12.4. The molecule has 1 saturated heterocycles. The molecule has 1 aliphatic rings. The molecular weight excluding hydrogens is 563 g/mol. The molecule has 0 radical (unpaired) electrons. The standard InChI is InChI=1S/C25H26Cl2N8O3S/c1-14-7-20(29)17(9-21(14)38-24(31)22-18(26)12-32-13-19(22)27)23(30)16-8-15(10-28)25(33-11-16)34-3-5-35(6-4-34)39(2,36)37/h7-9,11-13,24,30H,3-6,29,31H2,1-2H3/t24-/m0/s1. The van der Waals surface area contributed by atoms with Gasteiger partial charge in [-0.3, -0.25) is 16.1 Å². The number of piperazine rings is 1. The summed E-state index contributed by atoms with van der Waals surface area (Å²) in [4.78, 5) is 10.2. The number of rotatable bonds is 7. The van der Waals surface area contributed by atoms with Crippen molar-refractivity contribution < 1.29 is 13.2 Å². The zero-order chi connectivity index (χ0) is 28.5. The van der Waals surface area contributed by atoms with Crippen molar-refractivity contribution in [1.82, 2.24) is 14.3 Å². The number of nitriles is 1. The van der Waals surface area contributed by atoms with Crippen molar-refractivity contribution in [2.24, 2.45) is 5.73 Å². The number of hydrogen-bond donors (Lipinski definition) is 3. The molecule has 0 unspecified atom stereocenters. The Morgan fingerprint density at radius 3 is 2.38 bits per heavy atom. The molecule has 0 spiro atoms. The van der Waals surface area contributed by atoms with Crippen molar-refractivity contribution in [2.45, 2.75) is 13.2 Å². The summed E-state index contributed by atoms with van der Waals surface area (Å²) in [6.07, 6.45) is 4.48. The lowest BCUT2D eigenvalue weighted by Gasteiger charge is -2.34. The molecule has 1 aliphatic heterocycles. The molecule has 3 aromatic rings. The molecule has 0 aliphatic carbocycles. The van der Waals surface area contributed by atoms with E-state index in [4.69, 9.17) is 44.8 Å². The number of hydrogen-bond acceptors (Lipinski definition) is 10. The van der Waals surface area contributed by atoms with Gasteiger partial charge in [0.05, 0.1) is 27.6 Å². The Bertz CT molecular complexity index is 1560. The average molecular weight is 590 g/mol. The Hall–Kier alpha value is -3.47. The summed E-state index contributed by atoms with van der Waals surface area (Å²) < 4.78 is 31.0. The molecule has 1 atom stereocenters. The van der Waals surface area contributed by atoms with Crippen LogP contribution in [0.15, 0.2) is 36.8 Å². The van der Waals surface area contributed by atoms with Gasteiger partial charge in [-0.2, -0.15) is 9.57 Å². The predicted molar refractivity (Wildman–Crippen MR) is 151 cm³/mol. The fraction of sp³-hybridized carbons (Fsp3) is 0.280. The number of sulfonamides is 1. The van der Waals surface area contributed by atoms with E-state index < -0.39 is 16.3 Å². The maximum absolute atomic E-state index is 11.8. The van der Waals surface area contributed by atoms with Crippen LogP contribution in [0.25, 0.3) is 0 Å². The number of nitrogens with one attached hydrogen (secondary N) is 1. The number of nitrogens with zero attached hydrogens (tertiary/aromatic N) is 5. The largest absolute Gasteiger partial charge is 0.471 e. The first kappa shape index (κ1) is 28.5. The minimum Gasteiger partial charge on any atom is -0.471 e. The maximum Gasteiger partial charge on any atom is 0.211 e. The van der Waals surface area contributed by atoms with Gasteiger partial charge in [0.2, 0.25) is 10.0 Å². The highest BCUT2D eigenvalue weighted by atomic mass is 35.5. The quantitative estimate of drug-likeness (QED) is 0.212. The van der Waals surface area contributed by atoms with Crippen LogP contribution in [-0.4, -0.2) is 60.8 Å². The SMILES string of the molecule is Cc1cc(N)c(C(=N)c2cnc(N3CCN(S(C)(=O)=O)CC3)c(C#N)c2)cc1O[C@H](N)c1c(Cl)cncc1Cl. The van der Waals surface area contributed by atoms with Crippen LogP contribution >= 0.6 is 23.2 Å². The van der Waals surface area contributed by atoms with Crippen LogP contribution in [0.4, 0.5) is 11.5 Å². The van der Waals surface area contributed by atoms with E-state index in [0.29, 0.717) is 65.7 Å². The van der Waals surface area contributed by atoms with Gasteiger partial charge < -0.3 is 15.4 Å². The molecule has 0 amide bonds. The molecule has 4 rings (SSSR count). The average Bonchev–Trinajstić information content (AvgIpc) is 2.89. The molecule has 2 aromatic heterocycles. The lowest BCUT2D eigenvalue weighted by Crippen LogP contribution is -2.48. The minimum atomic E-state index is -3.29. The van der Waals surface area contributed by atoms with Gasteiger partial charge in [0.25, 0.3) is 0 Å². The van der Waals surface area contributed by atoms with E-state index in [2.05, 4.69) is 16.0 Å². The Kier molecular flexibility index (Phi) is 8.29. The Labute approximate surface area is 236 Å². The summed E-state index contributed by atoms with van der Waals surface area (Å²) in [5, 5.41) is 19.1. The van der Waals surface area contributed by atoms with Gasteiger partial charge in [-0.15, -0.1) is 0 Å². The summed E-state index contributed by atoms with van der Waals surface area (Å²) in [7, 11) is -3.29. The van der Waals surface area contributed by atoms with Crippen molar-refractivity contribution in [3.8, 4) is 11.8 Å². The van der Waals surface area contributed by atoms with E-state index in [0.717, 1.165) is 0 Å². The molecule has 1 fully saturated rings. The molecule has 204 valence electrons. The Morgan fingerprint density at radius 2 is 1.79 bits per heavy atom. The Morgan fingerprint density at radius 1 is 1.15 bits per heavy atom. The first-order valence-corrected chi connectivity index (χ1v) is 14.3. The van der Waals surface area contributed by atoms with E-state index in [1.54, 1.807) is 25.1 Å². The van der Waals surface area contributed by atoms with Gasteiger partial charge in [-0.25, -0.2) is 13.4 Å². The number of benzene rings is 1. The van der Waals surface area contributed by atoms with Gasteiger partial charge in [0, 0.05) is 67.1 Å². The topological polar surface area (TPSA) is 175 Å². The van der Waals surface area contributed by atoms with Crippen molar-refractivity contribution in [3.63, 3.8) is 0 Å². The van der Waals surface area contributed by atoms with Crippen LogP contribution in [0.1, 0.15) is 34.0 Å². The fourth-order valence-electron chi connectivity index (χ4n) is 4.26. The second-order valence-electron chi connectivity index (χ2n) is 8.99. The number of halogens is 2. The van der Waals surface area contributed by atoms with Crippen molar-refractivity contribution in [1.29, 1.82) is 10.7 Å². The second kappa shape index (κ2) is 11.3. The monoisotopic (exact) mass is 588 g/mol. The number of aryl methyl sites for hydroxylation is 1. The molecule has 11 nitrogen and oxygen atoms in total. The Balaban J connectivity index is 1.60. The van der Waals surface area contributed by atoms with Gasteiger partial charge in [-0.05, 0) is 30.7 Å². The van der Waals surface area contributed by atoms with Gasteiger partial charge >= 0.3 is 0 Å². The normalized spacial score (nSPS) is 15.0. The van der Waals surface area contributed by atoms with Crippen LogP contribution in [0, 0.1) is 23.7 Å². The summed E-state index contributed by atoms with van der Waals surface area (Å²) in [5.41, 5.74) is 14.9. The van der Waals surface area contributed by atoms with Gasteiger partial charge in [-0.1, -0.05) is 23.2 Å². The maximum atomic E-state index is 11.8. The zero-order valence-electron chi connectivity index (χ0n) is 21.1. The molecule has 3 heterocycles. The van der Waals surface area contributed by atoms with Crippen molar-refractivity contribution >= 4 is 50.4 Å². The molecule has 0 bridgehead atoms. The number of anilines is 2. The van der Waals surface area contributed by atoms with E-state index in [1.807, 2.05) is 4.90 Å². The summed E-state index contributed by atoms with van der Waals surface area (Å²) in [6.45, 7) is 3.16.